The number of hydrogen-bond donors (Lipinski definition) is 0. The third kappa shape index (κ3) is 5.41. The number of nitrogens with zero attached hydrogens (tertiary/aromatic N) is 2. The molecule has 1 aliphatic rings. The van der Waals surface area contributed by atoms with E-state index in [0.29, 0.717) is 22.6 Å². The van der Waals surface area contributed by atoms with Gasteiger partial charge in [-0.3, -0.25) is 24.6 Å². The summed E-state index contributed by atoms with van der Waals surface area (Å²) in [5, 5.41) is 10.6. The van der Waals surface area contributed by atoms with Gasteiger partial charge in [0.2, 0.25) is 0 Å². The van der Waals surface area contributed by atoms with Crippen molar-refractivity contribution in [3.8, 4) is 11.5 Å². The Morgan fingerprint density at radius 1 is 1.28 bits per heavy atom. The van der Waals surface area contributed by atoms with E-state index in [1.165, 1.54) is 18.2 Å². The van der Waals surface area contributed by atoms with Gasteiger partial charge < -0.3 is 9.47 Å². The number of nitro benzene ring substituents is 1. The molecule has 168 valence electrons. The standard InChI is InChI=1S/C22H21IN2O6S/c1-4-13(2)31-20-17(23)9-15(10-18(20)30-3)11-19-21(26)24(22(27)32-19)12-14-6-5-7-16(8-14)25(28)29/h5-11,13H,4,12H2,1-3H3/b19-11+/t13-/m0/s1. The van der Waals surface area contributed by atoms with Gasteiger partial charge in [-0.25, -0.2) is 0 Å². The summed E-state index contributed by atoms with van der Waals surface area (Å²) in [6, 6.07) is 9.50. The molecule has 32 heavy (non-hydrogen) atoms. The number of halogens is 1. The smallest absolute Gasteiger partial charge is 0.293 e. The average molecular weight is 568 g/mol. The molecule has 2 aromatic carbocycles. The SMILES string of the molecule is CC[C@H](C)Oc1c(I)cc(/C=C2/SC(=O)N(Cc3cccc([N+](=O)[O-])c3)C2=O)cc1OC. The summed E-state index contributed by atoms with van der Waals surface area (Å²) in [4.78, 5) is 37.1. The summed E-state index contributed by atoms with van der Waals surface area (Å²) >= 11 is 2.98. The molecular formula is C22H21IN2O6S. The van der Waals surface area contributed by atoms with E-state index in [2.05, 4.69) is 22.6 Å². The molecule has 10 heteroatoms. The molecule has 0 aromatic heterocycles. The van der Waals surface area contributed by atoms with Crippen molar-refractivity contribution in [2.24, 2.45) is 0 Å². The summed E-state index contributed by atoms with van der Waals surface area (Å²) < 4.78 is 12.2. The van der Waals surface area contributed by atoms with Crippen molar-refractivity contribution in [1.82, 2.24) is 4.90 Å². The Morgan fingerprint density at radius 3 is 2.69 bits per heavy atom. The van der Waals surface area contributed by atoms with E-state index in [1.54, 1.807) is 25.3 Å². The molecule has 0 bridgehead atoms. The van der Waals surface area contributed by atoms with Gasteiger partial charge in [0.25, 0.3) is 16.8 Å². The topological polar surface area (TPSA) is 99.0 Å². The first-order valence-corrected chi connectivity index (χ1v) is 11.7. The monoisotopic (exact) mass is 568 g/mol. The zero-order chi connectivity index (χ0) is 23.4. The summed E-state index contributed by atoms with van der Waals surface area (Å²) in [5.74, 6) is 0.734. The van der Waals surface area contributed by atoms with Crippen LogP contribution in [-0.2, 0) is 11.3 Å². The summed E-state index contributed by atoms with van der Waals surface area (Å²) in [6.45, 7) is 3.97. The number of methoxy groups -OCH3 is 1. The van der Waals surface area contributed by atoms with Crippen LogP contribution in [0.1, 0.15) is 31.4 Å². The second kappa shape index (κ2) is 10.3. The number of carbonyl (C=O) groups excluding carboxylic acids is 2. The highest BCUT2D eigenvalue weighted by molar-refractivity contribution is 14.1. The number of ether oxygens (including phenoxy) is 2. The lowest BCUT2D eigenvalue weighted by atomic mass is 10.1. The molecule has 3 rings (SSSR count). The number of amides is 2. The Hall–Kier alpha value is -2.60. The number of hydrogen-bond acceptors (Lipinski definition) is 7. The molecule has 2 amide bonds. The third-order valence-corrected chi connectivity index (χ3v) is 6.49. The van der Waals surface area contributed by atoms with Crippen molar-refractivity contribution in [3.05, 3.63) is 66.1 Å². The molecule has 2 aromatic rings. The van der Waals surface area contributed by atoms with Crippen molar-refractivity contribution in [2.45, 2.75) is 32.9 Å². The number of non-ortho nitro benzene ring substituents is 1. The van der Waals surface area contributed by atoms with Crippen LogP contribution in [0.2, 0.25) is 0 Å². The van der Waals surface area contributed by atoms with Crippen molar-refractivity contribution >= 4 is 57.3 Å². The lowest BCUT2D eigenvalue weighted by molar-refractivity contribution is -0.384. The number of benzene rings is 2. The van der Waals surface area contributed by atoms with Crippen LogP contribution >= 0.6 is 34.4 Å². The van der Waals surface area contributed by atoms with Crippen LogP contribution < -0.4 is 9.47 Å². The van der Waals surface area contributed by atoms with Crippen LogP contribution in [0.4, 0.5) is 10.5 Å². The molecule has 0 aliphatic carbocycles. The van der Waals surface area contributed by atoms with Gasteiger partial charge in [0, 0.05) is 12.1 Å². The van der Waals surface area contributed by atoms with Gasteiger partial charge in [0.05, 0.1) is 33.2 Å². The number of imide groups is 1. The maximum atomic E-state index is 12.9. The van der Waals surface area contributed by atoms with E-state index in [1.807, 2.05) is 19.9 Å². The molecule has 1 saturated heterocycles. The first kappa shape index (κ1) is 24.1. The second-order valence-electron chi connectivity index (χ2n) is 7.07. The molecule has 8 nitrogen and oxygen atoms in total. The predicted octanol–water partition coefficient (Wildman–Crippen LogP) is 5.62. The fraction of sp³-hybridized carbons (Fsp3) is 0.273. The van der Waals surface area contributed by atoms with Gasteiger partial charge in [-0.15, -0.1) is 0 Å². The highest BCUT2D eigenvalue weighted by Crippen LogP contribution is 2.38. The largest absolute Gasteiger partial charge is 0.493 e. The number of rotatable bonds is 8. The summed E-state index contributed by atoms with van der Waals surface area (Å²) in [6.07, 6.45) is 2.50. The van der Waals surface area contributed by atoms with E-state index in [0.717, 1.165) is 26.7 Å². The van der Waals surface area contributed by atoms with Gasteiger partial charge in [0.1, 0.15) is 0 Å². The van der Waals surface area contributed by atoms with Gasteiger partial charge >= 0.3 is 0 Å². The van der Waals surface area contributed by atoms with Crippen LogP contribution in [0.15, 0.2) is 41.3 Å². The van der Waals surface area contributed by atoms with Crippen LogP contribution in [-0.4, -0.2) is 34.2 Å². The highest BCUT2D eigenvalue weighted by Gasteiger charge is 2.35. The van der Waals surface area contributed by atoms with Crippen molar-refractivity contribution in [1.29, 1.82) is 0 Å². The summed E-state index contributed by atoms with van der Waals surface area (Å²) in [7, 11) is 1.55. The van der Waals surface area contributed by atoms with Gasteiger partial charge in [-0.05, 0) is 77.0 Å². The van der Waals surface area contributed by atoms with Crippen LogP contribution in [0, 0.1) is 13.7 Å². The highest BCUT2D eigenvalue weighted by atomic mass is 127. The molecule has 0 N–H and O–H groups in total. The van der Waals surface area contributed by atoms with Crippen LogP contribution in [0.3, 0.4) is 0 Å². The molecule has 1 aliphatic heterocycles. The quantitative estimate of drug-likeness (QED) is 0.176. The van der Waals surface area contributed by atoms with Crippen molar-refractivity contribution < 1.29 is 24.0 Å². The maximum absolute atomic E-state index is 12.9. The molecular weight excluding hydrogens is 547 g/mol. The minimum atomic E-state index is -0.513. The van der Waals surface area contributed by atoms with Gasteiger partial charge in [0.15, 0.2) is 11.5 Å². The second-order valence-corrected chi connectivity index (χ2v) is 9.22. The van der Waals surface area contributed by atoms with Crippen LogP contribution in [0.5, 0.6) is 11.5 Å². The maximum Gasteiger partial charge on any atom is 0.293 e. The predicted molar refractivity (Wildman–Crippen MR) is 131 cm³/mol. The molecule has 0 spiro atoms. The van der Waals surface area contributed by atoms with E-state index in [4.69, 9.17) is 9.47 Å². The fourth-order valence-electron chi connectivity index (χ4n) is 2.96. The Morgan fingerprint density at radius 2 is 2.03 bits per heavy atom. The lowest BCUT2D eigenvalue weighted by Gasteiger charge is -2.17. The average Bonchev–Trinajstić information content (AvgIpc) is 3.02. The first-order valence-electron chi connectivity index (χ1n) is 9.76. The minimum Gasteiger partial charge on any atom is -0.493 e. The number of nitro groups is 1. The van der Waals surface area contributed by atoms with E-state index in [9.17, 15) is 19.7 Å². The molecule has 1 fully saturated rings. The van der Waals surface area contributed by atoms with E-state index in [-0.39, 0.29) is 23.2 Å². The molecule has 1 atom stereocenters. The van der Waals surface area contributed by atoms with Gasteiger partial charge in [-0.2, -0.15) is 0 Å². The Kier molecular flexibility index (Phi) is 7.77. The number of thioether (sulfide) groups is 1. The molecule has 0 unspecified atom stereocenters. The summed E-state index contributed by atoms with van der Waals surface area (Å²) in [5.41, 5.74) is 1.11. The Balaban J connectivity index is 1.85. The number of carbonyl (C=O) groups is 2. The molecule has 0 radical (unpaired) electrons. The molecule has 1 heterocycles. The van der Waals surface area contributed by atoms with Crippen LogP contribution in [0.25, 0.3) is 6.08 Å². The minimum absolute atomic E-state index is 0.0218. The van der Waals surface area contributed by atoms with E-state index < -0.39 is 16.1 Å². The van der Waals surface area contributed by atoms with E-state index >= 15 is 0 Å². The van der Waals surface area contributed by atoms with Gasteiger partial charge in [-0.1, -0.05) is 19.1 Å². The Labute approximate surface area is 203 Å². The first-order chi connectivity index (χ1) is 15.2. The lowest BCUT2D eigenvalue weighted by Crippen LogP contribution is -2.27. The third-order valence-electron chi connectivity index (χ3n) is 4.78. The molecule has 0 saturated carbocycles. The fourth-order valence-corrected chi connectivity index (χ4v) is 4.55. The normalized spacial score (nSPS) is 15.9. The zero-order valence-corrected chi connectivity index (χ0v) is 20.6. The van der Waals surface area contributed by atoms with Crippen molar-refractivity contribution in [3.63, 3.8) is 0 Å². The Bertz CT molecular complexity index is 1100. The zero-order valence-electron chi connectivity index (χ0n) is 17.7. The van der Waals surface area contributed by atoms with Crippen molar-refractivity contribution in [2.75, 3.05) is 7.11 Å².